The molecule has 0 spiro atoms. The van der Waals surface area contributed by atoms with Gasteiger partial charge in [-0.3, -0.25) is 0 Å². The molecule has 0 fully saturated rings. The van der Waals surface area contributed by atoms with Crippen LogP contribution in [0.15, 0.2) is 29.6 Å². The van der Waals surface area contributed by atoms with Gasteiger partial charge in [0.1, 0.15) is 5.75 Å². The van der Waals surface area contributed by atoms with Gasteiger partial charge in [0, 0.05) is 16.5 Å². The van der Waals surface area contributed by atoms with E-state index in [2.05, 4.69) is 0 Å². The molecule has 1 aromatic heterocycles. The SMILES string of the molecule is Nc1cc(-c2cccs2)c(O)cc1Cl. The van der Waals surface area contributed by atoms with E-state index >= 15 is 0 Å². The normalized spacial score (nSPS) is 10.4. The number of halogens is 1. The zero-order chi connectivity index (χ0) is 10.1. The molecule has 2 nitrogen and oxygen atoms in total. The second-order valence-corrected chi connectivity index (χ2v) is 4.22. The van der Waals surface area contributed by atoms with E-state index in [4.69, 9.17) is 17.3 Å². The van der Waals surface area contributed by atoms with Gasteiger partial charge in [0.05, 0.1) is 10.7 Å². The van der Waals surface area contributed by atoms with Crippen LogP contribution in [0.2, 0.25) is 5.02 Å². The van der Waals surface area contributed by atoms with E-state index in [1.54, 1.807) is 17.4 Å². The second-order valence-electron chi connectivity index (χ2n) is 2.87. The molecule has 1 heterocycles. The minimum atomic E-state index is 0.159. The molecule has 0 radical (unpaired) electrons. The van der Waals surface area contributed by atoms with Gasteiger partial charge >= 0.3 is 0 Å². The van der Waals surface area contributed by atoms with Gasteiger partial charge in [0.2, 0.25) is 0 Å². The van der Waals surface area contributed by atoms with Gasteiger partial charge in [-0.05, 0) is 17.5 Å². The van der Waals surface area contributed by atoms with Crippen LogP contribution in [0.3, 0.4) is 0 Å². The number of thiophene rings is 1. The lowest BCUT2D eigenvalue weighted by Crippen LogP contribution is -1.87. The number of aromatic hydroxyl groups is 1. The molecule has 1 aromatic carbocycles. The van der Waals surface area contributed by atoms with Gasteiger partial charge in [-0.15, -0.1) is 11.3 Å². The zero-order valence-electron chi connectivity index (χ0n) is 7.20. The highest BCUT2D eigenvalue weighted by molar-refractivity contribution is 7.13. The predicted molar refractivity (Wildman–Crippen MR) is 60.8 cm³/mol. The van der Waals surface area contributed by atoms with Gasteiger partial charge in [-0.1, -0.05) is 17.7 Å². The summed E-state index contributed by atoms with van der Waals surface area (Å²) in [5.41, 5.74) is 6.86. The van der Waals surface area contributed by atoms with Crippen molar-refractivity contribution in [1.29, 1.82) is 0 Å². The van der Waals surface area contributed by atoms with Crippen LogP contribution in [0.25, 0.3) is 10.4 Å². The Kier molecular flexibility index (Phi) is 2.35. The molecule has 2 rings (SSSR count). The van der Waals surface area contributed by atoms with Crippen molar-refractivity contribution in [2.24, 2.45) is 0 Å². The molecule has 3 N–H and O–H groups in total. The molecule has 0 bridgehead atoms. The fourth-order valence-corrected chi connectivity index (χ4v) is 2.12. The summed E-state index contributed by atoms with van der Waals surface area (Å²) in [6.45, 7) is 0. The lowest BCUT2D eigenvalue weighted by Gasteiger charge is -2.04. The van der Waals surface area contributed by atoms with Crippen LogP contribution in [0, 0.1) is 0 Å². The largest absolute Gasteiger partial charge is 0.507 e. The summed E-state index contributed by atoms with van der Waals surface area (Å²) >= 11 is 7.31. The summed E-state index contributed by atoms with van der Waals surface area (Å²) in [5, 5.41) is 12.0. The van der Waals surface area contributed by atoms with Crippen molar-refractivity contribution in [2.45, 2.75) is 0 Å². The fraction of sp³-hybridized carbons (Fsp3) is 0. The van der Waals surface area contributed by atoms with Gasteiger partial charge < -0.3 is 10.8 Å². The third-order valence-corrected chi connectivity index (χ3v) is 3.13. The molecule has 0 aliphatic rings. The summed E-state index contributed by atoms with van der Waals surface area (Å²) < 4.78 is 0. The number of anilines is 1. The number of phenolic OH excluding ortho intramolecular Hbond substituents is 1. The monoisotopic (exact) mass is 225 g/mol. The molecule has 0 saturated heterocycles. The molecule has 0 aliphatic carbocycles. The lowest BCUT2D eigenvalue weighted by molar-refractivity contribution is 0.477. The molecular formula is C10H8ClNOS. The van der Waals surface area contributed by atoms with E-state index in [0.717, 1.165) is 10.4 Å². The summed E-state index contributed by atoms with van der Waals surface area (Å²) in [5.74, 6) is 0.159. The van der Waals surface area contributed by atoms with Crippen LogP contribution >= 0.6 is 22.9 Å². The molecule has 0 atom stereocenters. The topological polar surface area (TPSA) is 46.2 Å². The molecule has 2 aromatic rings. The van der Waals surface area contributed by atoms with Crippen LogP contribution in [0.1, 0.15) is 0 Å². The average molecular weight is 226 g/mol. The Morgan fingerprint density at radius 2 is 2.14 bits per heavy atom. The Balaban J connectivity index is 2.60. The van der Waals surface area contributed by atoms with Crippen molar-refractivity contribution in [3.63, 3.8) is 0 Å². The molecule has 4 heteroatoms. The molecule has 0 unspecified atom stereocenters. The lowest BCUT2D eigenvalue weighted by atomic mass is 10.1. The Morgan fingerprint density at radius 3 is 2.79 bits per heavy atom. The standard InChI is InChI=1S/C10H8ClNOS/c11-7-5-9(13)6(4-8(7)12)10-2-1-3-14-10/h1-5,13H,12H2. The molecule has 0 saturated carbocycles. The van der Waals surface area contributed by atoms with E-state index in [1.165, 1.54) is 6.07 Å². The van der Waals surface area contributed by atoms with Gasteiger partial charge in [-0.25, -0.2) is 0 Å². The van der Waals surface area contributed by atoms with Crippen LogP contribution in [-0.2, 0) is 0 Å². The number of rotatable bonds is 1. The van der Waals surface area contributed by atoms with Crippen LogP contribution < -0.4 is 5.73 Å². The third kappa shape index (κ3) is 1.56. The minimum Gasteiger partial charge on any atom is -0.507 e. The maximum atomic E-state index is 9.65. The van der Waals surface area contributed by atoms with Crippen molar-refractivity contribution in [3.05, 3.63) is 34.7 Å². The highest BCUT2D eigenvalue weighted by Crippen LogP contribution is 2.37. The molecule has 72 valence electrons. The van der Waals surface area contributed by atoms with Crippen molar-refractivity contribution in [3.8, 4) is 16.2 Å². The van der Waals surface area contributed by atoms with E-state index in [9.17, 15) is 5.11 Å². The highest BCUT2D eigenvalue weighted by atomic mass is 35.5. The number of hydrogen-bond acceptors (Lipinski definition) is 3. The maximum Gasteiger partial charge on any atom is 0.125 e. The van der Waals surface area contributed by atoms with Gasteiger partial charge in [0.15, 0.2) is 0 Å². The minimum absolute atomic E-state index is 0.159. The van der Waals surface area contributed by atoms with E-state index in [1.807, 2.05) is 17.5 Å². The Morgan fingerprint density at radius 1 is 1.36 bits per heavy atom. The molecular weight excluding hydrogens is 218 g/mol. The average Bonchev–Trinajstić information content (AvgIpc) is 2.64. The molecule has 0 aliphatic heterocycles. The first-order valence-corrected chi connectivity index (χ1v) is 5.26. The first-order chi connectivity index (χ1) is 6.68. The number of hydrogen-bond donors (Lipinski definition) is 2. The van der Waals surface area contributed by atoms with Gasteiger partial charge in [-0.2, -0.15) is 0 Å². The smallest absolute Gasteiger partial charge is 0.125 e. The van der Waals surface area contributed by atoms with Crippen molar-refractivity contribution < 1.29 is 5.11 Å². The zero-order valence-corrected chi connectivity index (χ0v) is 8.77. The number of phenols is 1. The first kappa shape index (κ1) is 9.37. The number of nitrogen functional groups attached to an aromatic ring is 1. The van der Waals surface area contributed by atoms with Crippen LogP contribution in [-0.4, -0.2) is 5.11 Å². The van der Waals surface area contributed by atoms with Crippen molar-refractivity contribution in [2.75, 3.05) is 5.73 Å². The quantitative estimate of drug-likeness (QED) is 0.578. The number of nitrogens with two attached hydrogens (primary N) is 1. The third-order valence-electron chi connectivity index (χ3n) is 1.90. The van der Waals surface area contributed by atoms with Crippen molar-refractivity contribution >= 4 is 28.6 Å². The van der Waals surface area contributed by atoms with E-state index in [-0.39, 0.29) is 5.75 Å². The van der Waals surface area contributed by atoms with Crippen LogP contribution in [0.5, 0.6) is 5.75 Å². The summed E-state index contributed by atoms with van der Waals surface area (Å²) in [6.07, 6.45) is 0. The summed E-state index contributed by atoms with van der Waals surface area (Å²) in [4.78, 5) is 0.978. The fourth-order valence-electron chi connectivity index (χ4n) is 1.21. The van der Waals surface area contributed by atoms with Gasteiger partial charge in [0.25, 0.3) is 0 Å². The first-order valence-electron chi connectivity index (χ1n) is 4.00. The Bertz CT molecular complexity index is 453. The maximum absolute atomic E-state index is 9.65. The Labute approximate surface area is 90.6 Å². The summed E-state index contributed by atoms with van der Waals surface area (Å²) in [6, 6.07) is 6.99. The Hall–Kier alpha value is -1.19. The predicted octanol–water partition coefficient (Wildman–Crippen LogP) is 3.36. The van der Waals surface area contributed by atoms with E-state index < -0.39 is 0 Å². The van der Waals surface area contributed by atoms with Crippen LogP contribution in [0.4, 0.5) is 5.69 Å². The van der Waals surface area contributed by atoms with E-state index in [0.29, 0.717) is 10.7 Å². The molecule has 14 heavy (non-hydrogen) atoms. The second kappa shape index (κ2) is 3.52. The highest BCUT2D eigenvalue weighted by Gasteiger charge is 2.08. The summed E-state index contributed by atoms with van der Waals surface area (Å²) in [7, 11) is 0. The van der Waals surface area contributed by atoms with Crippen molar-refractivity contribution in [1.82, 2.24) is 0 Å². The number of benzene rings is 1. The molecule has 0 amide bonds.